The van der Waals surface area contributed by atoms with E-state index < -0.39 is 5.91 Å². The number of phenolic OH excluding ortho intramolecular Hbond substituents is 1. The molecule has 0 saturated heterocycles. The summed E-state index contributed by atoms with van der Waals surface area (Å²) < 4.78 is 4.89. The summed E-state index contributed by atoms with van der Waals surface area (Å²) in [7, 11) is 1.45. The Kier molecular flexibility index (Phi) is 3.66. The molecule has 5 heteroatoms. The van der Waals surface area contributed by atoms with E-state index in [2.05, 4.69) is 0 Å². The highest BCUT2D eigenvalue weighted by Crippen LogP contribution is 2.26. The Morgan fingerprint density at radius 1 is 1.50 bits per heavy atom. The molecule has 0 aromatic heterocycles. The second kappa shape index (κ2) is 4.97. The molecule has 84 valence electrons. The Hall–Kier alpha value is -2.30. The average molecular weight is 221 g/mol. The van der Waals surface area contributed by atoms with E-state index in [1.807, 2.05) is 0 Å². The van der Waals surface area contributed by atoms with Crippen LogP contribution in [0.5, 0.6) is 11.5 Å². The number of hydrogen-bond acceptors (Lipinski definition) is 3. The molecule has 0 spiro atoms. The van der Waals surface area contributed by atoms with Gasteiger partial charge in [-0.2, -0.15) is 0 Å². The number of primary amides is 1. The van der Waals surface area contributed by atoms with Crippen molar-refractivity contribution >= 4 is 11.6 Å². The maximum atomic E-state index is 10.5. The number of phenols is 1. The number of rotatable bonds is 4. The summed E-state index contributed by atoms with van der Waals surface area (Å²) >= 11 is 0. The fourth-order valence-corrected chi connectivity index (χ4v) is 1.14. The third-order valence-corrected chi connectivity index (χ3v) is 1.94. The van der Waals surface area contributed by atoms with Crippen molar-refractivity contribution < 1.29 is 20.0 Å². The van der Waals surface area contributed by atoms with Crippen LogP contribution in [-0.4, -0.2) is 23.8 Å². The first-order chi connectivity index (χ1) is 7.54. The monoisotopic (exact) mass is 221 g/mol. The molecule has 16 heavy (non-hydrogen) atoms. The van der Waals surface area contributed by atoms with E-state index in [-0.39, 0.29) is 5.75 Å². The summed E-state index contributed by atoms with van der Waals surface area (Å²) in [6, 6.07) is 4.69. The van der Waals surface area contributed by atoms with Crippen LogP contribution in [0.25, 0.3) is 0 Å². The van der Waals surface area contributed by atoms with Gasteiger partial charge in [0.2, 0.25) is 11.6 Å². The smallest absolute Gasteiger partial charge is 0.241 e. The lowest BCUT2D eigenvalue weighted by atomic mass is 10.1. The van der Waals surface area contributed by atoms with E-state index in [1.54, 1.807) is 12.1 Å². The molecule has 0 heterocycles. The summed E-state index contributed by atoms with van der Waals surface area (Å²) in [5.41, 5.74) is 5.84. The van der Waals surface area contributed by atoms with Crippen LogP contribution in [0.15, 0.2) is 30.4 Å². The predicted molar refractivity (Wildman–Crippen MR) is 59.0 cm³/mol. The lowest BCUT2D eigenvalue weighted by molar-refractivity contribution is -0.114. The summed E-state index contributed by atoms with van der Waals surface area (Å²) in [5, 5.41) is 15.2. The van der Waals surface area contributed by atoms with Crippen molar-refractivity contribution in [2.24, 2.45) is 5.73 Å². The number of ether oxygens (including phenoxy) is 1. The number of carbonyl (C=O) groups is 1. The first kappa shape index (κ1) is 11.8. The van der Waals surface area contributed by atoms with E-state index in [9.17, 15) is 9.90 Å². The molecule has 0 radical (unpaired) electrons. The number of benzene rings is 1. The van der Waals surface area contributed by atoms with E-state index >= 15 is 0 Å². The van der Waals surface area contributed by atoms with Crippen LogP contribution in [0.3, 0.4) is 0 Å². The van der Waals surface area contributed by atoms with Crippen molar-refractivity contribution in [3.05, 3.63) is 35.9 Å². The standard InChI is InChI=1S/C11H12N2O3/c1-16-10-4-2-7(6-9(10)14)8(12)3-5-11(13)15/h2-6,12,14H,1H3,(H2,13,15)/p+1/b5-3-,12-8?. The van der Waals surface area contributed by atoms with Crippen LogP contribution in [-0.2, 0) is 4.79 Å². The molecule has 0 fully saturated rings. The van der Waals surface area contributed by atoms with Gasteiger partial charge in [-0.3, -0.25) is 10.2 Å². The minimum Gasteiger partial charge on any atom is -0.504 e. The third-order valence-electron chi connectivity index (χ3n) is 1.94. The highest BCUT2D eigenvalue weighted by Gasteiger charge is 2.08. The van der Waals surface area contributed by atoms with Gasteiger partial charge in [-0.25, -0.2) is 0 Å². The van der Waals surface area contributed by atoms with Gasteiger partial charge in [-0.1, -0.05) is 0 Å². The van der Waals surface area contributed by atoms with Gasteiger partial charge in [0.05, 0.1) is 7.11 Å². The molecule has 0 aliphatic rings. The second-order valence-electron chi connectivity index (χ2n) is 3.08. The number of allylic oxidation sites excluding steroid dienone is 1. The number of amides is 1. The Morgan fingerprint density at radius 2 is 2.19 bits per heavy atom. The summed E-state index contributed by atoms with van der Waals surface area (Å²) in [5.74, 6) is -0.244. The molecular weight excluding hydrogens is 208 g/mol. The zero-order valence-corrected chi connectivity index (χ0v) is 8.81. The SMILES string of the molecule is COc1ccc(C(=[NH2+])/C=C\C(N)=O)cc1O. The molecule has 1 aromatic rings. The number of carbonyl (C=O) groups excluding carboxylic acids is 1. The van der Waals surface area contributed by atoms with Gasteiger partial charge in [0.25, 0.3) is 0 Å². The zero-order chi connectivity index (χ0) is 12.1. The van der Waals surface area contributed by atoms with Crippen LogP contribution < -0.4 is 15.9 Å². The van der Waals surface area contributed by atoms with Gasteiger partial charge in [-0.15, -0.1) is 0 Å². The fourth-order valence-electron chi connectivity index (χ4n) is 1.14. The van der Waals surface area contributed by atoms with Gasteiger partial charge >= 0.3 is 0 Å². The topological polar surface area (TPSA) is 98.1 Å². The molecular formula is C11H13N2O3+. The molecule has 0 aliphatic carbocycles. The van der Waals surface area contributed by atoms with Crippen LogP contribution in [0.4, 0.5) is 0 Å². The maximum Gasteiger partial charge on any atom is 0.241 e. The lowest BCUT2D eigenvalue weighted by Crippen LogP contribution is -2.39. The van der Waals surface area contributed by atoms with Crippen molar-refractivity contribution in [1.29, 1.82) is 0 Å². The highest BCUT2D eigenvalue weighted by molar-refractivity contribution is 6.07. The Labute approximate surface area is 92.7 Å². The molecule has 0 aliphatic heterocycles. The van der Waals surface area contributed by atoms with Crippen molar-refractivity contribution in [1.82, 2.24) is 0 Å². The Balaban J connectivity index is 2.93. The minimum atomic E-state index is -0.583. The Bertz CT molecular complexity index is 453. The van der Waals surface area contributed by atoms with Gasteiger partial charge in [0.1, 0.15) is 0 Å². The predicted octanol–water partition coefficient (Wildman–Crippen LogP) is -1.01. The zero-order valence-electron chi connectivity index (χ0n) is 8.81. The fraction of sp³-hybridized carbons (Fsp3) is 0.0909. The van der Waals surface area contributed by atoms with Gasteiger partial charge in [0, 0.05) is 17.7 Å². The highest BCUT2D eigenvalue weighted by atomic mass is 16.5. The largest absolute Gasteiger partial charge is 0.504 e. The summed E-state index contributed by atoms with van der Waals surface area (Å²) in [6.07, 6.45) is 2.53. The molecule has 1 aromatic carbocycles. The quantitative estimate of drug-likeness (QED) is 0.449. The maximum absolute atomic E-state index is 10.5. The number of nitrogens with two attached hydrogens (primary N) is 2. The van der Waals surface area contributed by atoms with E-state index in [0.717, 1.165) is 6.08 Å². The molecule has 5 N–H and O–H groups in total. The van der Waals surface area contributed by atoms with E-state index in [4.69, 9.17) is 15.9 Å². The molecule has 1 amide bonds. The molecule has 0 bridgehead atoms. The van der Waals surface area contributed by atoms with Gasteiger partial charge in [0.15, 0.2) is 11.5 Å². The van der Waals surface area contributed by atoms with Gasteiger partial charge < -0.3 is 15.6 Å². The summed E-state index contributed by atoms with van der Waals surface area (Å²) in [4.78, 5) is 10.5. The van der Waals surface area contributed by atoms with Crippen LogP contribution in [0.2, 0.25) is 0 Å². The first-order valence-corrected chi connectivity index (χ1v) is 4.52. The molecule has 0 saturated carbocycles. The first-order valence-electron chi connectivity index (χ1n) is 4.52. The summed E-state index contributed by atoms with van der Waals surface area (Å²) in [6.45, 7) is 0. The van der Waals surface area contributed by atoms with Crippen molar-refractivity contribution in [2.45, 2.75) is 0 Å². The van der Waals surface area contributed by atoms with Crippen molar-refractivity contribution in [3.63, 3.8) is 0 Å². The van der Waals surface area contributed by atoms with E-state index in [1.165, 1.54) is 19.3 Å². The molecule has 1 rings (SSSR count). The van der Waals surface area contributed by atoms with Crippen molar-refractivity contribution in [3.8, 4) is 11.5 Å². The number of hydrogen-bond donors (Lipinski definition) is 3. The lowest BCUT2D eigenvalue weighted by Gasteiger charge is -2.03. The van der Waals surface area contributed by atoms with Gasteiger partial charge in [-0.05, 0) is 18.2 Å². The third kappa shape index (κ3) is 2.84. The Morgan fingerprint density at radius 3 is 2.69 bits per heavy atom. The minimum absolute atomic E-state index is 0.0181. The van der Waals surface area contributed by atoms with Crippen LogP contribution in [0.1, 0.15) is 5.56 Å². The van der Waals surface area contributed by atoms with Crippen LogP contribution >= 0.6 is 0 Å². The number of methoxy groups -OCH3 is 1. The second-order valence-corrected chi connectivity index (χ2v) is 3.08. The molecule has 0 atom stereocenters. The van der Waals surface area contributed by atoms with Crippen molar-refractivity contribution in [2.75, 3.05) is 7.11 Å². The van der Waals surface area contributed by atoms with E-state index in [0.29, 0.717) is 17.0 Å². The number of aromatic hydroxyl groups is 1. The molecule has 5 nitrogen and oxygen atoms in total. The normalized spacial score (nSPS) is 10.3. The molecule has 0 unspecified atom stereocenters. The average Bonchev–Trinajstić information content (AvgIpc) is 2.25. The van der Waals surface area contributed by atoms with Crippen LogP contribution in [0, 0.1) is 0 Å².